The van der Waals surface area contributed by atoms with Crippen molar-refractivity contribution in [3.8, 4) is 28.6 Å². The second-order valence-electron chi connectivity index (χ2n) is 7.14. The number of carbonyl (C=O) groups excluding carboxylic acids is 1. The lowest BCUT2D eigenvalue weighted by Gasteiger charge is -2.14. The van der Waals surface area contributed by atoms with Crippen molar-refractivity contribution in [2.45, 2.75) is 12.7 Å². The summed E-state index contributed by atoms with van der Waals surface area (Å²) in [6.07, 6.45) is -4.52. The molecule has 9 nitrogen and oxygen atoms in total. The summed E-state index contributed by atoms with van der Waals surface area (Å²) in [5, 5.41) is 6.81. The zero-order chi connectivity index (χ0) is 25.0. The van der Waals surface area contributed by atoms with Crippen LogP contribution < -0.4 is 25.2 Å². The maximum Gasteiger partial charge on any atom is 0.416 e. The van der Waals surface area contributed by atoms with E-state index in [1.807, 2.05) is 0 Å². The van der Waals surface area contributed by atoms with Gasteiger partial charge in [-0.1, -0.05) is 12.1 Å². The standard InChI is InChI=1S/C22H23F3N4O5/c1-28-19(13-6-5-7-15(10-13)22(23,24)25)27-29(21(28)31)9-8-26-20(30)14-11-16(32-2)18(34-4)17(12-14)33-3/h5-7,10-12H,8-9H2,1-4H3,(H,26,30). The van der Waals surface area contributed by atoms with Gasteiger partial charge in [-0.2, -0.15) is 13.2 Å². The average molecular weight is 480 g/mol. The van der Waals surface area contributed by atoms with Gasteiger partial charge in [0.1, 0.15) is 0 Å². The van der Waals surface area contributed by atoms with E-state index >= 15 is 0 Å². The number of hydrogen-bond acceptors (Lipinski definition) is 6. The predicted molar refractivity (Wildman–Crippen MR) is 116 cm³/mol. The maximum absolute atomic E-state index is 13.0. The van der Waals surface area contributed by atoms with Gasteiger partial charge in [0, 0.05) is 24.7 Å². The summed E-state index contributed by atoms with van der Waals surface area (Å²) in [6, 6.07) is 7.52. The molecule has 0 saturated carbocycles. The Hall–Kier alpha value is -3.96. The maximum atomic E-state index is 13.0. The Labute approximate surface area is 192 Å². The number of aromatic nitrogens is 3. The van der Waals surface area contributed by atoms with Crippen LogP contribution in [-0.2, 0) is 19.8 Å². The van der Waals surface area contributed by atoms with Crippen LogP contribution in [0.2, 0.25) is 0 Å². The highest BCUT2D eigenvalue weighted by atomic mass is 19.4. The number of amides is 1. The van der Waals surface area contributed by atoms with Gasteiger partial charge in [0.05, 0.1) is 33.4 Å². The van der Waals surface area contributed by atoms with E-state index in [0.29, 0.717) is 17.2 Å². The summed E-state index contributed by atoms with van der Waals surface area (Å²) in [7, 11) is 5.71. The largest absolute Gasteiger partial charge is 0.493 e. The highest BCUT2D eigenvalue weighted by Gasteiger charge is 2.31. The number of alkyl halides is 3. The van der Waals surface area contributed by atoms with Crippen molar-refractivity contribution < 1.29 is 32.2 Å². The molecule has 0 aliphatic rings. The number of halogens is 3. The van der Waals surface area contributed by atoms with Crippen LogP contribution in [0.1, 0.15) is 15.9 Å². The molecule has 3 aromatic rings. The van der Waals surface area contributed by atoms with Crippen LogP contribution in [0.5, 0.6) is 17.2 Å². The van der Waals surface area contributed by atoms with E-state index in [1.165, 1.54) is 52.6 Å². The SMILES string of the molecule is COc1cc(C(=O)NCCn2nc(-c3cccc(C(F)(F)F)c3)n(C)c2=O)cc(OC)c1OC. The molecular formula is C22H23F3N4O5. The van der Waals surface area contributed by atoms with E-state index in [9.17, 15) is 22.8 Å². The summed E-state index contributed by atoms with van der Waals surface area (Å²) < 4.78 is 57.0. The van der Waals surface area contributed by atoms with E-state index < -0.39 is 23.3 Å². The minimum absolute atomic E-state index is 0.00179. The molecule has 1 amide bonds. The van der Waals surface area contributed by atoms with Crippen molar-refractivity contribution in [3.05, 3.63) is 58.0 Å². The Bertz CT molecular complexity index is 1230. The molecule has 0 saturated heterocycles. The molecule has 1 N–H and O–H groups in total. The fourth-order valence-electron chi connectivity index (χ4n) is 3.31. The summed E-state index contributed by atoms with van der Waals surface area (Å²) in [4.78, 5) is 25.1. The summed E-state index contributed by atoms with van der Waals surface area (Å²) >= 11 is 0. The van der Waals surface area contributed by atoms with Crippen LogP contribution in [0.3, 0.4) is 0 Å². The molecule has 0 atom stereocenters. The number of nitrogens with one attached hydrogen (secondary N) is 1. The number of ether oxygens (including phenoxy) is 3. The third kappa shape index (κ3) is 5.00. The molecule has 2 aromatic carbocycles. The summed E-state index contributed by atoms with van der Waals surface area (Å²) in [5.41, 5.74) is -0.985. The van der Waals surface area contributed by atoms with E-state index in [-0.39, 0.29) is 30.0 Å². The minimum Gasteiger partial charge on any atom is -0.493 e. The zero-order valence-corrected chi connectivity index (χ0v) is 18.9. The first-order valence-electron chi connectivity index (χ1n) is 10.00. The lowest BCUT2D eigenvalue weighted by Crippen LogP contribution is -2.31. The Morgan fingerprint density at radius 2 is 1.71 bits per heavy atom. The molecule has 0 aliphatic carbocycles. The molecule has 0 fully saturated rings. The first kappa shape index (κ1) is 24.7. The summed E-state index contributed by atoms with van der Waals surface area (Å²) in [5.74, 6) is 0.564. The second-order valence-corrected chi connectivity index (χ2v) is 7.14. The van der Waals surface area contributed by atoms with Crippen molar-refractivity contribution in [1.82, 2.24) is 19.7 Å². The Morgan fingerprint density at radius 3 is 2.26 bits per heavy atom. The molecule has 1 heterocycles. The molecule has 3 rings (SSSR count). The normalized spacial score (nSPS) is 11.3. The van der Waals surface area contributed by atoms with Gasteiger partial charge in [-0.15, -0.1) is 5.10 Å². The molecule has 0 unspecified atom stereocenters. The van der Waals surface area contributed by atoms with Crippen molar-refractivity contribution in [2.24, 2.45) is 7.05 Å². The number of methoxy groups -OCH3 is 3. The lowest BCUT2D eigenvalue weighted by molar-refractivity contribution is -0.137. The smallest absolute Gasteiger partial charge is 0.416 e. The molecular weight excluding hydrogens is 457 g/mol. The first-order valence-corrected chi connectivity index (χ1v) is 10.00. The van der Waals surface area contributed by atoms with E-state index in [4.69, 9.17) is 14.2 Å². The van der Waals surface area contributed by atoms with Gasteiger partial charge in [0.25, 0.3) is 5.91 Å². The summed E-state index contributed by atoms with van der Waals surface area (Å²) in [6.45, 7) is 0.0379. The Balaban J connectivity index is 1.75. The lowest BCUT2D eigenvalue weighted by atomic mass is 10.1. The minimum atomic E-state index is -4.52. The van der Waals surface area contributed by atoms with Crippen LogP contribution in [-0.4, -0.2) is 48.1 Å². The highest BCUT2D eigenvalue weighted by molar-refractivity contribution is 5.95. The van der Waals surface area contributed by atoms with Gasteiger partial charge in [0.15, 0.2) is 17.3 Å². The van der Waals surface area contributed by atoms with Crippen LogP contribution >= 0.6 is 0 Å². The molecule has 12 heteroatoms. The molecule has 0 bridgehead atoms. The topological polar surface area (TPSA) is 96.6 Å². The zero-order valence-electron chi connectivity index (χ0n) is 18.9. The number of nitrogens with zero attached hydrogens (tertiary/aromatic N) is 3. The van der Waals surface area contributed by atoms with E-state index in [1.54, 1.807) is 0 Å². The first-order chi connectivity index (χ1) is 16.1. The number of benzene rings is 2. The third-order valence-electron chi connectivity index (χ3n) is 5.03. The fraction of sp³-hybridized carbons (Fsp3) is 0.318. The van der Waals surface area contributed by atoms with Crippen molar-refractivity contribution in [3.63, 3.8) is 0 Å². The van der Waals surface area contributed by atoms with Gasteiger partial charge in [-0.25, -0.2) is 9.48 Å². The van der Waals surface area contributed by atoms with Crippen molar-refractivity contribution in [2.75, 3.05) is 27.9 Å². The quantitative estimate of drug-likeness (QED) is 0.533. The molecule has 182 valence electrons. The molecule has 0 radical (unpaired) electrons. The van der Waals surface area contributed by atoms with Crippen LogP contribution in [0, 0.1) is 0 Å². The van der Waals surface area contributed by atoms with E-state index in [2.05, 4.69) is 10.4 Å². The van der Waals surface area contributed by atoms with Gasteiger partial charge < -0.3 is 19.5 Å². The van der Waals surface area contributed by atoms with Gasteiger partial charge in [0.2, 0.25) is 5.75 Å². The van der Waals surface area contributed by atoms with Crippen LogP contribution in [0.25, 0.3) is 11.4 Å². The number of carbonyl (C=O) groups is 1. The molecule has 0 aliphatic heterocycles. The van der Waals surface area contributed by atoms with E-state index in [0.717, 1.165) is 21.4 Å². The third-order valence-corrected chi connectivity index (χ3v) is 5.03. The fourth-order valence-corrected chi connectivity index (χ4v) is 3.31. The van der Waals surface area contributed by atoms with Crippen molar-refractivity contribution in [1.29, 1.82) is 0 Å². The average Bonchev–Trinajstić information content (AvgIpc) is 3.11. The van der Waals surface area contributed by atoms with Gasteiger partial charge in [-0.3, -0.25) is 9.36 Å². The van der Waals surface area contributed by atoms with Crippen LogP contribution in [0.15, 0.2) is 41.2 Å². The van der Waals surface area contributed by atoms with Crippen molar-refractivity contribution >= 4 is 5.91 Å². The molecule has 0 spiro atoms. The Kier molecular flexibility index (Phi) is 7.18. The molecule has 1 aromatic heterocycles. The number of rotatable bonds is 8. The Morgan fingerprint density at radius 1 is 1.06 bits per heavy atom. The van der Waals surface area contributed by atoms with Gasteiger partial charge >= 0.3 is 11.9 Å². The van der Waals surface area contributed by atoms with Crippen LogP contribution in [0.4, 0.5) is 13.2 Å². The number of hydrogen-bond donors (Lipinski definition) is 1. The highest BCUT2D eigenvalue weighted by Crippen LogP contribution is 2.38. The second kappa shape index (κ2) is 9.89. The molecule has 34 heavy (non-hydrogen) atoms. The predicted octanol–water partition coefficient (Wildman–Crippen LogP) is 2.72. The monoisotopic (exact) mass is 480 g/mol. The van der Waals surface area contributed by atoms with Gasteiger partial charge in [-0.05, 0) is 24.3 Å².